The van der Waals surface area contributed by atoms with Crippen molar-refractivity contribution in [3.8, 4) is 11.3 Å². The summed E-state index contributed by atoms with van der Waals surface area (Å²) in [5.41, 5.74) is 11.6. The molecule has 0 bridgehead atoms. The number of aliphatic hydroxyl groups is 1. The normalized spacial score (nSPS) is 17.3. The zero-order valence-corrected chi connectivity index (χ0v) is 24.0. The summed E-state index contributed by atoms with van der Waals surface area (Å²) in [6.45, 7) is 5.30. The average molecular weight is 610 g/mol. The van der Waals surface area contributed by atoms with Crippen LogP contribution in [0.3, 0.4) is 0 Å². The predicted octanol–water partition coefficient (Wildman–Crippen LogP) is 2.79. The largest absolute Gasteiger partial charge is 0.390 e. The van der Waals surface area contributed by atoms with Gasteiger partial charge in [0.25, 0.3) is 0 Å². The number of carbonyl (C=O) groups excluding carboxylic acids is 1. The molecular weight excluding hydrogens is 576 g/mol. The number of nitrogens with one attached hydrogen (secondary N) is 1. The summed E-state index contributed by atoms with van der Waals surface area (Å²) in [5.74, 6) is 0. The summed E-state index contributed by atoms with van der Waals surface area (Å²) in [5, 5.41) is 16.0. The minimum atomic E-state index is -0.618. The van der Waals surface area contributed by atoms with Gasteiger partial charge in [0.1, 0.15) is 0 Å². The van der Waals surface area contributed by atoms with Crippen LogP contribution >= 0.6 is 15.9 Å². The number of H-pyrrole nitrogens is 1. The minimum absolute atomic E-state index is 0.0729. The molecule has 2 amide bonds. The number of benzene rings is 1. The quantitative estimate of drug-likeness (QED) is 0.308. The van der Waals surface area contributed by atoms with Gasteiger partial charge in [-0.2, -0.15) is 5.10 Å². The molecule has 0 radical (unpaired) electrons. The Morgan fingerprint density at radius 2 is 1.90 bits per heavy atom. The van der Waals surface area contributed by atoms with Crippen LogP contribution in [0.25, 0.3) is 22.4 Å². The van der Waals surface area contributed by atoms with E-state index in [9.17, 15) is 14.7 Å². The molecule has 6 rings (SSSR count). The van der Waals surface area contributed by atoms with Crippen LogP contribution < -0.4 is 11.4 Å². The molecule has 1 atom stereocenters. The number of nitrogens with two attached hydrogens (primary N) is 1. The summed E-state index contributed by atoms with van der Waals surface area (Å²) in [6, 6.07) is 11.4. The third kappa shape index (κ3) is 5.18. The molecule has 1 saturated heterocycles. The van der Waals surface area contributed by atoms with E-state index in [0.29, 0.717) is 38.2 Å². The lowest BCUT2D eigenvalue weighted by Crippen LogP contribution is -2.42. The number of primary amides is 1. The van der Waals surface area contributed by atoms with Crippen LogP contribution in [0.15, 0.2) is 45.7 Å². The van der Waals surface area contributed by atoms with Crippen molar-refractivity contribution in [2.24, 2.45) is 5.73 Å². The number of pyridine rings is 1. The number of imidazole rings is 1. The number of aryl methyl sites for hydroxylation is 1. The van der Waals surface area contributed by atoms with E-state index in [-0.39, 0.29) is 11.7 Å². The Morgan fingerprint density at radius 1 is 1.15 bits per heavy atom. The fourth-order valence-electron chi connectivity index (χ4n) is 6.02. The van der Waals surface area contributed by atoms with Gasteiger partial charge in [0.05, 0.1) is 30.4 Å². The Kier molecular flexibility index (Phi) is 7.24. The monoisotopic (exact) mass is 608 g/mol. The number of hydrogen-bond acceptors (Lipinski definition) is 6. The van der Waals surface area contributed by atoms with Gasteiger partial charge in [0.15, 0.2) is 5.65 Å². The summed E-state index contributed by atoms with van der Waals surface area (Å²) >= 11 is 3.48. The maximum Gasteiger partial charge on any atom is 0.327 e. The molecule has 210 valence electrons. The lowest BCUT2D eigenvalue weighted by molar-refractivity contribution is 0.0762. The number of halogens is 1. The Balaban J connectivity index is 1.15. The van der Waals surface area contributed by atoms with Gasteiger partial charge in [0, 0.05) is 65.6 Å². The van der Waals surface area contributed by atoms with Crippen molar-refractivity contribution in [3.05, 3.63) is 68.3 Å². The van der Waals surface area contributed by atoms with Gasteiger partial charge in [-0.05, 0) is 44.0 Å². The number of urea groups is 1. The number of amides is 2. The molecule has 1 unspecified atom stereocenters. The maximum atomic E-state index is 12.7. The number of fused-ring (bicyclic) bond motifs is 2. The van der Waals surface area contributed by atoms with E-state index in [2.05, 4.69) is 30.8 Å². The first-order valence-electron chi connectivity index (χ1n) is 13.6. The van der Waals surface area contributed by atoms with E-state index < -0.39 is 12.1 Å². The number of likely N-dealkylation sites (tertiary alicyclic amines) is 1. The maximum absolute atomic E-state index is 12.7. The second-order valence-corrected chi connectivity index (χ2v) is 11.7. The number of aliphatic hydroxyl groups excluding tert-OH is 1. The molecular formula is C28H33BrN8O3. The van der Waals surface area contributed by atoms with E-state index in [4.69, 9.17) is 10.8 Å². The van der Waals surface area contributed by atoms with Crippen LogP contribution in [0.2, 0.25) is 0 Å². The number of aromatic amines is 1. The summed E-state index contributed by atoms with van der Waals surface area (Å²) in [4.78, 5) is 36.0. The van der Waals surface area contributed by atoms with Gasteiger partial charge in [-0.15, -0.1) is 0 Å². The molecule has 1 fully saturated rings. The van der Waals surface area contributed by atoms with Crippen molar-refractivity contribution in [2.45, 2.75) is 51.4 Å². The predicted molar refractivity (Wildman–Crippen MR) is 155 cm³/mol. The highest BCUT2D eigenvalue weighted by atomic mass is 79.9. The fourth-order valence-corrected chi connectivity index (χ4v) is 6.28. The van der Waals surface area contributed by atoms with E-state index >= 15 is 0 Å². The Morgan fingerprint density at radius 3 is 2.62 bits per heavy atom. The van der Waals surface area contributed by atoms with Crippen LogP contribution in [0, 0.1) is 6.92 Å². The van der Waals surface area contributed by atoms with Crippen molar-refractivity contribution >= 4 is 33.1 Å². The molecule has 4 N–H and O–H groups in total. The number of piperidine rings is 1. The van der Waals surface area contributed by atoms with E-state index in [1.807, 2.05) is 48.0 Å². The number of β-amino-alcohol motifs (C(OH)–C–C–N with tert-alkyl or cyclic N) is 1. The van der Waals surface area contributed by atoms with E-state index in [1.54, 1.807) is 9.47 Å². The van der Waals surface area contributed by atoms with Crippen molar-refractivity contribution in [3.63, 3.8) is 0 Å². The standard InChI is InChI=1S/C28H33BrN8O3/c1-17-2-7-23-26(31-17)37(28(40)32-23)20-8-11-34(12-9-20)14-21(38)15-36-24-10-13-35(27(30)39)16-22(24)25(33-36)18-3-5-19(29)6-4-18/h2-7,20-21,38H,8-16H2,1H3,(H2,30,39)(H,32,40). The second kappa shape index (κ2) is 10.8. The van der Waals surface area contributed by atoms with Crippen molar-refractivity contribution in [1.82, 2.24) is 34.1 Å². The highest BCUT2D eigenvalue weighted by Gasteiger charge is 2.29. The van der Waals surface area contributed by atoms with Crippen molar-refractivity contribution in [1.29, 1.82) is 0 Å². The summed E-state index contributed by atoms with van der Waals surface area (Å²) in [7, 11) is 0. The van der Waals surface area contributed by atoms with Crippen molar-refractivity contribution in [2.75, 3.05) is 26.2 Å². The Hall–Kier alpha value is -3.48. The second-order valence-electron chi connectivity index (χ2n) is 10.8. The zero-order chi connectivity index (χ0) is 28.0. The van der Waals surface area contributed by atoms with Gasteiger partial charge < -0.3 is 25.6 Å². The zero-order valence-electron chi connectivity index (χ0n) is 22.4. The molecule has 40 heavy (non-hydrogen) atoms. The molecule has 3 aromatic heterocycles. The summed E-state index contributed by atoms with van der Waals surface area (Å²) < 4.78 is 4.68. The van der Waals surface area contributed by atoms with Crippen LogP contribution in [-0.4, -0.2) is 77.5 Å². The van der Waals surface area contributed by atoms with Crippen LogP contribution in [0.5, 0.6) is 0 Å². The molecule has 12 heteroatoms. The molecule has 2 aliphatic heterocycles. The van der Waals surface area contributed by atoms with E-state index in [1.165, 1.54) is 0 Å². The first-order chi connectivity index (χ1) is 19.3. The topological polar surface area (TPSA) is 138 Å². The Bertz CT molecular complexity index is 1600. The van der Waals surface area contributed by atoms with E-state index in [0.717, 1.165) is 64.1 Å². The van der Waals surface area contributed by atoms with Gasteiger partial charge in [0.2, 0.25) is 0 Å². The van der Waals surface area contributed by atoms with Gasteiger partial charge in [-0.3, -0.25) is 9.25 Å². The highest BCUT2D eigenvalue weighted by Crippen LogP contribution is 2.31. The molecule has 1 aromatic carbocycles. The SMILES string of the molecule is Cc1ccc2[nH]c(=O)n(C3CCN(CC(O)Cn4nc(-c5ccc(Br)cc5)c5c4CCN(C(N)=O)C5)CC3)c2n1. The van der Waals surface area contributed by atoms with Crippen LogP contribution in [0.4, 0.5) is 4.79 Å². The molecule has 0 aliphatic carbocycles. The third-order valence-corrected chi connectivity index (χ3v) is 8.57. The molecule has 0 saturated carbocycles. The average Bonchev–Trinajstić information content (AvgIpc) is 3.45. The lowest BCUT2D eigenvalue weighted by Gasteiger charge is -2.33. The fraction of sp³-hybridized carbons (Fsp3) is 0.429. The number of carbonyl (C=O) groups is 1. The third-order valence-electron chi connectivity index (χ3n) is 8.04. The molecule has 2 aliphatic rings. The number of nitrogens with zero attached hydrogens (tertiary/aromatic N) is 6. The highest BCUT2D eigenvalue weighted by molar-refractivity contribution is 9.10. The van der Waals surface area contributed by atoms with Crippen molar-refractivity contribution < 1.29 is 9.90 Å². The number of hydrogen-bond donors (Lipinski definition) is 3. The first-order valence-corrected chi connectivity index (χ1v) is 14.4. The van der Waals surface area contributed by atoms with Crippen LogP contribution in [-0.2, 0) is 19.5 Å². The van der Waals surface area contributed by atoms with Crippen LogP contribution in [0.1, 0.15) is 35.8 Å². The smallest absolute Gasteiger partial charge is 0.327 e. The number of rotatable bonds is 6. The molecule has 0 spiro atoms. The number of aromatic nitrogens is 5. The van der Waals surface area contributed by atoms with Gasteiger partial charge in [-0.1, -0.05) is 28.1 Å². The lowest BCUT2D eigenvalue weighted by atomic mass is 10.0. The molecule has 5 heterocycles. The molecule has 11 nitrogen and oxygen atoms in total. The van der Waals surface area contributed by atoms with Gasteiger partial charge >= 0.3 is 11.7 Å². The first kappa shape index (κ1) is 26.7. The Labute approximate surface area is 239 Å². The molecule has 4 aromatic rings. The van der Waals surface area contributed by atoms with Gasteiger partial charge in [-0.25, -0.2) is 14.6 Å². The minimum Gasteiger partial charge on any atom is -0.390 e. The summed E-state index contributed by atoms with van der Waals surface area (Å²) in [6.07, 6.45) is 1.63.